The maximum Gasteiger partial charge on any atom is 0.410 e. The van der Waals surface area contributed by atoms with E-state index in [1.807, 2.05) is 20.8 Å². The number of nitrogens with zero attached hydrogens (tertiary/aromatic N) is 3. The summed E-state index contributed by atoms with van der Waals surface area (Å²) in [5, 5.41) is 0. The van der Waals surface area contributed by atoms with E-state index < -0.39 is 17.4 Å². The van der Waals surface area contributed by atoms with Crippen molar-refractivity contribution in [2.75, 3.05) is 39.3 Å². The van der Waals surface area contributed by atoms with Gasteiger partial charge in [0.15, 0.2) is 5.76 Å². The number of carbonyl (C=O) groups excluding carboxylic acids is 4. The molecule has 0 unspecified atom stereocenters. The normalized spacial score (nSPS) is 23.7. The van der Waals surface area contributed by atoms with E-state index >= 15 is 0 Å². The third-order valence-corrected chi connectivity index (χ3v) is 6.11. The molecule has 3 aliphatic heterocycles. The third kappa shape index (κ3) is 4.37. The highest BCUT2D eigenvalue weighted by atomic mass is 16.6. The van der Waals surface area contributed by atoms with Crippen LogP contribution >= 0.6 is 0 Å². The number of amides is 1. The lowest BCUT2D eigenvalue weighted by molar-refractivity contribution is -0.147. The molecule has 0 aromatic heterocycles. The lowest BCUT2D eigenvalue weighted by Gasteiger charge is -2.43. The monoisotopic (exact) mass is 431 g/mol. The number of ether oxygens (including phenoxy) is 2. The molecule has 9 heteroatoms. The highest BCUT2D eigenvalue weighted by Gasteiger charge is 2.43. The van der Waals surface area contributed by atoms with E-state index in [1.54, 1.807) is 11.0 Å². The maximum atomic E-state index is 12.3. The lowest BCUT2D eigenvalue weighted by atomic mass is 9.94. The summed E-state index contributed by atoms with van der Waals surface area (Å²) in [4.78, 5) is 54.4. The van der Waals surface area contributed by atoms with Crippen LogP contribution in [0.4, 0.5) is 4.79 Å². The van der Waals surface area contributed by atoms with Crippen LogP contribution in [0.2, 0.25) is 0 Å². The summed E-state index contributed by atoms with van der Waals surface area (Å²) in [5.74, 6) is -2.11. The number of ketones is 2. The summed E-state index contributed by atoms with van der Waals surface area (Å²) in [7, 11) is 0. The highest BCUT2D eigenvalue weighted by Crippen LogP contribution is 2.34. The van der Waals surface area contributed by atoms with Gasteiger partial charge in [-0.1, -0.05) is 6.08 Å². The standard InChI is InChI=1S/C22H29N3O6/c1-22(2,3)31-21(29)25-12-10-23(11-13-25)14-6-8-24(9-7-14)15-4-5-16(26)19-17(15)18(27)20(28)30-19/h4,14H,5-13H2,1-3H3. The van der Waals surface area contributed by atoms with Crippen molar-refractivity contribution in [2.24, 2.45) is 0 Å². The number of allylic oxidation sites excluding steroid dienone is 3. The van der Waals surface area contributed by atoms with E-state index in [2.05, 4.69) is 9.80 Å². The Morgan fingerprint density at radius 1 is 1.03 bits per heavy atom. The number of Topliss-reactive ketones (excluding diaryl/α,β-unsaturated/α-hetero) is 2. The molecule has 0 spiro atoms. The molecular formula is C22H29N3O6. The van der Waals surface area contributed by atoms with Gasteiger partial charge in [-0.05, 0) is 33.6 Å². The fourth-order valence-electron chi connectivity index (χ4n) is 4.56. The molecule has 0 N–H and O–H groups in total. The third-order valence-electron chi connectivity index (χ3n) is 6.11. The number of piperazine rings is 1. The number of carbonyl (C=O) groups is 4. The number of likely N-dealkylation sites (tertiary alicyclic amines) is 1. The van der Waals surface area contributed by atoms with E-state index in [0.29, 0.717) is 24.8 Å². The zero-order valence-corrected chi connectivity index (χ0v) is 18.3. The van der Waals surface area contributed by atoms with E-state index in [4.69, 9.17) is 9.47 Å². The molecule has 4 rings (SSSR count). The second-order valence-corrected chi connectivity index (χ2v) is 9.36. The summed E-state index contributed by atoms with van der Waals surface area (Å²) < 4.78 is 10.4. The van der Waals surface area contributed by atoms with Gasteiger partial charge in [0.25, 0.3) is 5.78 Å². The van der Waals surface area contributed by atoms with Gasteiger partial charge in [0.05, 0.1) is 5.57 Å². The van der Waals surface area contributed by atoms with Crippen molar-refractivity contribution in [1.29, 1.82) is 0 Å². The fourth-order valence-corrected chi connectivity index (χ4v) is 4.56. The van der Waals surface area contributed by atoms with Gasteiger partial charge in [-0.15, -0.1) is 0 Å². The molecule has 0 saturated carbocycles. The summed E-state index contributed by atoms with van der Waals surface area (Å²) in [6.07, 6.45) is 3.43. The minimum atomic E-state index is -0.969. The molecule has 0 aromatic carbocycles. The van der Waals surface area contributed by atoms with Gasteiger partial charge in [0, 0.05) is 57.4 Å². The van der Waals surface area contributed by atoms with E-state index in [-0.39, 0.29) is 29.6 Å². The van der Waals surface area contributed by atoms with Crippen molar-refractivity contribution in [2.45, 2.75) is 51.7 Å². The zero-order chi connectivity index (χ0) is 22.3. The van der Waals surface area contributed by atoms with Crippen LogP contribution < -0.4 is 0 Å². The van der Waals surface area contributed by atoms with E-state index in [0.717, 1.165) is 39.0 Å². The van der Waals surface area contributed by atoms with Gasteiger partial charge in [0.2, 0.25) is 5.78 Å². The highest BCUT2D eigenvalue weighted by molar-refractivity contribution is 6.45. The molecule has 0 radical (unpaired) electrons. The molecule has 2 fully saturated rings. The van der Waals surface area contributed by atoms with Crippen LogP contribution in [0.25, 0.3) is 0 Å². The van der Waals surface area contributed by atoms with Crippen LogP contribution in [0.1, 0.15) is 40.0 Å². The molecule has 1 aliphatic carbocycles. The summed E-state index contributed by atoms with van der Waals surface area (Å²) in [6.45, 7) is 9.96. The number of esters is 1. The molecule has 2 saturated heterocycles. The van der Waals surface area contributed by atoms with Crippen LogP contribution in [-0.2, 0) is 23.9 Å². The minimum Gasteiger partial charge on any atom is -0.444 e. The van der Waals surface area contributed by atoms with Crippen molar-refractivity contribution in [3.8, 4) is 0 Å². The summed E-state index contributed by atoms with van der Waals surface area (Å²) >= 11 is 0. The molecule has 3 heterocycles. The Labute approximate surface area is 181 Å². The first-order valence-corrected chi connectivity index (χ1v) is 10.9. The SMILES string of the molecule is CC(C)(C)OC(=O)N1CCN(C2CCN(C3=CCC(=O)C4=C3C(=O)C(=O)O4)CC2)CC1. The average Bonchev–Trinajstić information content (AvgIpc) is 3.03. The molecule has 168 valence electrons. The Balaban J connectivity index is 1.31. The molecular weight excluding hydrogens is 402 g/mol. The van der Waals surface area contributed by atoms with Crippen LogP contribution in [0, 0.1) is 0 Å². The van der Waals surface area contributed by atoms with Crippen LogP contribution in [0.15, 0.2) is 23.1 Å². The van der Waals surface area contributed by atoms with Crippen molar-refractivity contribution < 1.29 is 28.7 Å². The first kappa shape index (κ1) is 21.5. The van der Waals surface area contributed by atoms with Gasteiger partial charge in [-0.2, -0.15) is 0 Å². The number of rotatable bonds is 2. The van der Waals surface area contributed by atoms with Gasteiger partial charge in [0.1, 0.15) is 5.60 Å². The second kappa shape index (κ2) is 8.11. The molecule has 9 nitrogen and oxygen atoms in total. The average molecular weight is 431 g/mol. The Hall–Kier alpha value is -2.68. The molecule has 31 heavy (non-hydrogen) atoms. The Kier molecular flexibility index (Phi) is 5.63. The predicted octanol–water partition coefficient (Wildman–Crippen LogP) is 1.24. The number of hydrogen-bond acceptors (Lipinski definition) is 8. The van der Waals surface area contributed by atoms with Gasteiger partial charge >= 0.3 is 12.1 Å². The molecule has 1 amide bonds. The summed E-state index contributed by atoms with van der Waals surface area (Å²) in [6, 6.07) is 0.397. The quantitative estimate of drug-likeness (QED) is 0.476. The first-order valence-electron chi connectivity index (χ1n) is 10.9. The smallest absolute Gasteiger partial charge is 0.410 e. The molecule has 0 atom stereocenters. The Bertz CT molecular complexity index is 868. The Morgan fingerprint density at radius 3 is 2.29 bits per heavy atom. The largest absolute Gasteiger partial charge is 0.444 e. The second-order valence-electron chi connectivity index (χ2n) is 9.36. The molecule has 0 bridgehead atoms. The van der Waals surface area contributed by atoms with Crippen molar-refractivity contribution in [3.05, 3.63) is 23.1 Å². The van der Waals surface area contributed by atoms with Crippen molar-refractivity contribution in [3.63, 3.8) is 0 Å². The first-order chi connectivity index (χ1) is 14.6. The molecule has 0 aromatic rings. The van der Waals surface area contributed by atoms with Gasteiger partial charge < -0.3 is 19.3 Å². The van der Waals surface area contributed by atoms with Gasteiger partial charge in [-0.3, -0.25) is 14.5 Å². The maximum absolute atomic E-state index is 12.3. The van der Waals surface area contributed by atoms with Gasteiger partial charge in [-0.25, -0.2) is 9.59 Å². The van der Waals surface area contributed by atoms with E-state index in [9.17, 15) is 19.2 Å². The fraction of sp³-hybridized carbons (Fsp3) is 0.636. The van der Waals surface area contributed by atoms with Crippen LogP contribution in [0.5, 0.6) is 0 Å². The van der Waals surface area contributed by atoms with Crippen LogP contribution in [-0.4, -0.2) is 89.2 Å². The van der Waals surface area contributed by atoms with E-state index in [1.165, 1.54) is 0 Å². The topological polar surface area (TPSA) is 96.5 Å². The predicted molar refractivity (Wildman–Crippen MR) is 110 cm³/mol. The zero-order valence-electron chi connectivity index (χ0n) is 18.3. The lowest BCUT2D eigenvalue weighted by Crippen LogP contribution is -2.54. The Morgan fingerprint density at radius 2 is 1.68 bits per heavy atom. The number of hydrogen-bond donors (Lipinski definition) is 0. The summed E-state index contributed by atoms with van der Waals surface area (Å²) in [5.41, 5.74) is 0.287. The van der Waals surface area contributed by atoms with Crippen molar-refractivity contribution >= 4 is 23.6 Å². The minimum absolute atomic E-state index is 0.0899. The number of piperidine rings is 1. The van der Waals surface area contributed by atoms with Crippen molar-refractivity contribution in [1.82, 2.24) is 14.7 Å². The van der Waals surface area contributed by atoms with Crippen LogP contribution in [0.3, 0.4) is 0 Å². The molecule has 4 aliphatic rings.